The minimum Gasteiger partial charge on any atom is -0.481 e. The van der Waals surface area contributed by atoms with E-state index in [0.29, 0.717) is 11.3 Å². The number of hydrogen-bond donors (Lipinski definition) is 2. The SMILES string of the molecule is COc1n[nH]c(NC(=O)C(C)Oc2ccc(C#N)cc2)n1. The molecule has 1 aromatic heterocycles. The number of nitriles is 1. The smallest absolute Gasteiger partial charge is 0.336 e. The number of anilines is 1. The molecule has 1 unspecified atom stereocenters. The average molecular weight is 287 g/mol. The number of carbonyl (C=O) groups excluding carboxylic acids is 1. The lowest BCUT2D eigenvalue weighted by Gasteiger charge is -2.13. The van der Waals surface area contributed by atoms with Crippen LogP contribution in [0.5, 0.6) is 11.8 Å². The maximum Gasteiger partial charge on any atom is 0.336 e. The number of benzene rings is 1. The molecule has 0 saturated carbocycles. The Morgan fingerprint density at radius 1 is 1.43 bits per heavy atom. The van der Waals surface area contributed by atoms with Crippen molar-refractivity contribution in [1.29, 1.82) is 5.26 Å². The highest BCUT2D eigenvalue weighted by atomic mass is 16.5. The van der Waals surface area contributed by atoms with Crippen LogP contribution in [0.15, 0.2) is 24.3 Å². The van der Waals surface area contributed by atoms with Gasteiger partial charge in [-0.3, -0.25) is 10.1 Å². The zero-order valence-electron chi connectivity index (χ0n) is 11.5. The van der Waals surface area contributed by atoms with Gasteiger partial charge in [-0.05, 0) is 31.2 Å². The van der Waals surface area contributed by atoms with Crippen LogP contribution in [0.2, 0.25) is 0 Å². The van der Waals surface area contributed by atoms with Gasteiger partial charge in [-0.2, -0.15) is 10.2 Å². The zero-order valence-corrected chi connectivity index (χ0v) is 11.5. The van der Waals surface area contributed by atoms with Crippen LogP contribution in [0.25, 0.3) is 0 Å². The molecule has 8 nitrogen and oxygen atoms in total. The van der Waals surface area contributed by atoms with Crippen molar-refractivity contribution in [2.24, 2.45) is 0 Å². The molecule has 2 aromatic rings. The van der Waals surface area contributed by atoms with E-state index in [9.17, 15) is 4.79 Å². The first-order chi connectivity index (χ1) is 10.1. The summed E-state index contributed by atoms with van der Waals surface area (Å²) < 4.78 is 10.3. The first-order valence-corrected chi connectivity index (χ1v) is 6.06. The van der Waals surface area contributed by atoms with Gasteiger partial charge in [0.05, 0.1) is 18.7 Å². The second-order valence-electron chi connectivity index (χ2n) is 4.06. The van der Waals surface area contributed by atoms with E-state index >= 15 is 0 Å². The third-order valence-corrected chi connectivity index (χ3v) is 2.55. The fraction of sp³-hybridized carbons (Fsp3) is 0.231. The van der Waals surface area contributed by atoms with E-state index in [0.717, 1.165) is 0 Å². The lowest BCUT2D eigenvalue weighted by molar-refractivity contribution is -0.122. The van der Waals surface area contributed by atoms with Crippen molar-refractivity contribution in [3.05, 3.63) is 29.8 Å². The van der Waals surface area contributed by atoms with Gasteiger partial charge in [0.15, 0.2) is 6.10 Å². The molecule has 8 heteroatoms. The number of H-pyrrole nitrogens is 1. The first-order valence-electron chi connectivity index (χ1n) is 6.06. The zero-order chi connectivity index (χ0) is 15.2. The highest BCUT2D eigenvalue weighted by molar-refractivity contribution is 5.92. The molecule has 0 bridgehead atoms. The van der Waals surface area contributed by atoms with Crippen LogP contribution < -0.4 is 14.8 Å². The van der Waals surface area contributed by atoms with Crippen molar-refractivity contribution in [1.82, 2.24) is 15.2 Å². The van der Waals surface area contributed by atoms with Crippen LogP contribution in [0, 0.1) is 11.3 Å². The van der Waals surface area contributed by atoms with Crippen LogP contribution in [0.4, 0.5) is 5.95 Å². The highest BCUT2D eigenvalue weighted by Gasteiger charge is 2.16. The molecule has 21 heavy (non-hydrogen) atoms. The van der Waals surface area contributed by atoms with Crippen LogP contribution in [0.3, 0.4) is 0 Å². The fourth-order valence-corrected chi connectivity index (χ4v) is 1.48. The molecule has 0 aliphatic rings. The average Bonchev–Trinajstić information content (AvgIpc) is 2.95. The number of amides is 1. The van der Waals surface area contributed by atoms with E-state index in [1.54, 1.807) is 31.2 Å². The number of methoxy groups -OCH3 is 1. The second-order valence-corrected chi connectivity index (χ2v) is 4.06. The molecule has 108 valence electrons. The molecule has 0 aliphatic carbocycles. The molecule has 0 fully saturated rings. The Hall–Kier alpha value is -3.08. The summed E-state index contributed by atoms with van der Waals surface area (Å²) in [5.41, 5.74) is 0.521. The van der Waals surface area contributed by atoms with E-state index in [1.807, 2.05) is 6.07 Å². The largest absolute Gasteiger partial charge is 0.481 e. The van der Waals surface area contributed by atoms with Crippen LogP contribution in [0.1, 0.15) is 12.5 Å². The van der Waals surface area contributed by atoms with Crippen molar-refractivity contribution in [3.63, 3.8) is 0 Å². The van der Waals surface area contributed by atoms with Gasteiger partial charge in [0.1, 0.15) is 5.75 Å². The minimum atomic E-state index is -0.742. The summed E-state index contributed by atoms with van der Waals surface area (Å²) in [6, 6.07) is 8.61. The molecule has 0 spiro atoms. The van der Waals surface area contributed by atoms with E-state index in [4.69, 9.17) is 14.7 Å². The first kappa shape index (κ1) is 14.3. The fourth-order valence-electron chi connectivity index (χ4n) is 1.48. The summed E-state index contributed by atoms with van der Waals surface area (Å²) in [6.45, 7) is 1.60. The van der Waals surface area contributed by atoms with Gasteiger partial charge < -0.3 is 9.47 Å². The number of nitrogens with one attached hydrogen (secondary N) is 2. The predicted molar refractivity (Wildman–Crippen MR) is 72.8 cm³/mol. The van der Waals surface area contributed by atoms with E-state index < -0.39 is 12.0 Å². The summed E-state index contributed by atoms with van der Waals surface area (Å²) in [7, 11) is 1.42. The normalized spacial score (nSPS) is 11.3. The third-order valence-electron chi connectivity index (χ3n) is 2.55. The number of ether oxygens (including phenoxy) is 2. The number of nitrogens with zero attached hydrogens (tertiary/aromatic N) is 3. The number of hydrogen-bond acceptors (Lipinski definition) is 6. The van der Waals surface area contributed by atoms with Gasteiger partial charge in [0.25, 0.3) is 5.91 Å². The number of aromatic nitrogens is 3. The molecule has 2 N–H and O–H groups in total. The summed E-state index contributed by atoms with van der Waals surface area (Å²) in [5.74, 6) is 0.275. The van der Waals surface area contributed by atoms with Gasteiger partial charge in [-0.1, -0.05) is 0 Å². The molecular formula is C13H13N5O3. The van der Waals surface area contributed by atoms with Gasteiger partial charge in [0.2, 0.25) is 5.95 Å². The summed E-state index contributed by atoms with van der Waals surface area (Å²) in [4.78, 5) is 15.8. The van der Waals surface area contributed by atoms with Crippen molar-refractivity contribution in [2.75, 3.05) is 12.4 Å². The lowest BCUT2D eigenvalue weighted by atomic mass is 10.2. The Balaban J connectivity index is 1.94. The summed E-state index contributed by atoms with van der Waals surface area (Å²) in [6.07, 6.45) is -0.742. The molecule has 1 atom stereocenters. The Bertz CT molecular complexity index is 659. The molecule has 1 heterocycles. The van der Waals surface area contributed by atoms with Gasteiger partial charge in [0, 0.05) is 0 Å². The number of aromatic amines is 1. The highest BCUT2D eigenvalue weighted by Crippen LogP contribution is 2.14. The predicted octanol–water partition coefficient (Wildman–Crippen LogP) is 1.09. The summed E-state index contributed by atoms with van der Waals surface area (Å²) in [5, 5.41) is 17.4. The molecule has 1 aromatic carbocycles. The van der Waals surface area contributed by atoms with Crippen molar-refractivity contribution < 1.29 is 14.3 Å². The number of rotatable bonds is 5. The van der Waals surface area contributed by atoms with Gasteiger partial charge >= 0.3 is 6.01 Å². The second kappa shape index (κ2) is 6.38. The van der Waals surface area contributed by atoms with Crippen LogP contribution >= 0.6 is 0 Å². The Labute approximate surface area is 120 Å². The minimum absolute atomic E-state index is 0.131. The lowest BCUT2D eigenvalue weighted by Crippen LogP contribution is -2.30. The number of carbonyl (C=O) groups is 1. The Kier molecular flexibility index (Phi) is 4.36. The van der Waals surface area contributed by atoms with E-state index in [-0.39, 0.29) is 12.0 Å². The molecule has 0 aliphatic heterocycles. The third kappa shape index (κ3) is 3.70. The molecule has 0 saturated heterocycles. The molecule has 0 radical (unpaired) electrons. The van der Waals surface area contributed by atoms with Gasteiger partial charge in [-0.15, -0.1) is 5.10 Å². The Morgan fingerprint density at radius 3 is 2.71 bits per heavy atom. The Morgan fingerprint density at radius 2 is 2.14 bits per heavy atom. The van der Waals surface area contributed by atoms with Crippen LogP contribution in [-0.2, 0) is 4.79 Å². The maximum absolute atomic E-state index is 11.9. The maximum atomic E-state index is 11.9. The monoisotopic (exact) mass is 287 g/mol. The molecular weight excluding hydrogens is 274 g/mol. The summed E-state index contributed by atoms with van der Waals surface area (Å²) >= 11 is 0. The molecule has 2 rings (SSSR count). The standard InChI is InChI=1S/C13H13N5O3/c1-8(21-10-5-3-9(7-14)4-6-10)11(19)15-12-16-13(20-2)18-17-12/h3-6,8H,1-2H3,(H2,15,16,17,18,19). The van der Waals surface area contributed by atoms with Crippen molar-refractivity contribution in [3.8, 4) is 17.8 Å². The topological polar surface area (TPSA) is 113 Å². The van der Waals surface area contributed by atoms with Gasteiger partial charge in [-0.25, -0.2) is 5.10 Å². The van der Waals surface area contributed by atoms with E-state index in [2.05, 4.69) is 20.5 Å². The van der Waals surface area contributed by atoms with E-state index in [1.165, 1.54) is 7.11 Å². The molecule has 1 amide bonds. The van der Waals surface area contributed by atoms with Crippen molar-refractivity contribution >= 4 is 11.9 Å². The van der Waals surface area contributed by atoms with Crippen LogP contribution in [-0.4, -0.2) is 34.3 Å². The van der Waals surface area contributed by atoms with Crippen molar-refractivity contribution in [2.45, 2.75) is 13.0 Å². The quantitative estimate of drug-likeness (QED) is 0.851.